The summed E-state index contributed by atoms with van der Waals surface area (Å²) in [6, 6.07) is 11.1. The SMILES string of the molecule is COC(=O)c1c(C)[nH]c(C(=O)[C@H](C)OC(=O)c2ccc(-n3c(C)ccc3C)cc2)c1C. The highest BCUT2D eigenvalue weighted by Gasteiger charge is 2.27. The van der Waals surface area contributed by atoms with Gasteiger partial charge in [-0.2, -0.15) is 0 Å². The molecule has 0 spiro atoms. The predicted octanol–water partition coefficient (Wildman–Crippen LogP) is 4.25. The van der Waals surface area contributed by atoms with Crippen molar-refractivity contribution in [3.05, 3.63) is 75.9 Å². The average molecular weight is 422 g/mol. The van der Waals surface area contributed by atoms with Gasteiger partial charge in [-0.3, -0.25) is 4.79 Å². The molecule has 0 amide bonds. The summed E-state index contributed by atoms with van der Waals surface area (Å²) >= 11 is 0. The number of nitrogens with one attached hydrogen (secondary N) is 1. The van der Waals surface area contributed by atoms with E-state index < -0.39 is 23.8 Å². The number of Topliss-reactive ketones (excluding diaryl/α,β-unsaturated/α-hetero) is 1. The van der Waals surface area contributed by atoms with E-state index in [4.69, 9.17) is 9.47 Å². The Morgan fingerprint density at radius 1 is 0.903 bits per heavy atom. The lowest BCUT2D eigenvalue weighted by Crippen LogP contribution is -2.25. The maximum Gasteiger partial charge on any atom is 0.339 e. The van der Waals surface area contributed by atoms with E-state index in [1.807, 2.05) is 38.1 Å². The molecule has 0 unspecified atom stereocenters. The summed E-state index contributed by atoms with van der Waals surface area (Å²) < 4.78 is 12.2. The smallest absolute Gasteiger partial charge is 0.339 e. The Hall–Kier alpha value is -3.61. The van der Waals surface area contributed by atoms with E-state index >= 15 is 0 Å². The van der Waals surface area contributed by atoms with Gasteiger partial charge in [-0.25, -0.2) is 9.59 Å². The summed E-state index contributed by atoms with van der Waals surface area (Å²) in [5.74, 6) is -1.54. The second-order valence-corrected chi connectivity index (χ2v) is 7.53. The van der Waals surface area contributed by atoms with Crippen LogP contribution in [0.1, 0.15) is 60.8 Å². The Morgan fingerprint density at radius 3 is 2.03 bits per heavy atom. The minimum atomic E-state index is -1.02. The highest BCUT2D eigenvalue weighted by atomic mass is 16.5. The molecule has 162 valence electrons. The van der Waals surface area contributed by atoms with E-state index in [0.717, 1.165) is 17.1 Å². The molecular formula is C24H26N2O5. The number of benzene rings is 1. The first-order valence-electron chi connectivity index (χ1n) is 9.93. The fourth-order valence-electron chi connectivity index (χ4n) is 3.71. The van der Waals surface area contributed by atoms with Crippen LogP contribution in [0.3, 0.4) is 0 Å². The zero-order valence-corrected chi connectivity index (χ0v) is 18.5. The van der Waals surface area contributed by atoms with Crippen molar-refractivity contribution >= 4 is 17.7 Å². The van der Waals surface area contributed by atoms with Gasteiger partial charge in [-0.15, -0.1) is 0 Å². The van der Waals surface area contributed by atoms with E-state index in [1.54, 1.807) is 26.0 Å². The normalized spacial score (nSPS) is 11.8. The van der Waals surface area contributed by atoms with Crippen LogP contribution in [0.4, 0.5) is 0 Å². The van der Waals surface area contributed by atoms with Crippen molar-refractivity contribution in [2.45, 2.75) is 40.7 Å². The molecule has 0 aliphatic carbocycles. The van der Waals surface area contributed by atoms with Crippen molar-refractivity contribution in [3.8, 4) is 5.69 Å². The maximum absolute atomic E-state index is 12.8. The largest absolute Gasteiger partial charge is 0.465 e. The quantitative estimate of drug-likeness (QED) is 0.474. The van der Waals surface area contributed by atoms with Crippen molar-refractivity contribution in [1.82, 2.24) is 9.55 Å². The van der Waals surface area contributed by atoms with Crippen molar-refractivity contribution in [3.63, 3.8) is 0 Å². The lowest BCUT2D eigenvalue weighted by atomic mass is 10.1. The van der Waals surface area contributed by atoms with Crippen LogP contribution in [0.25, 0.3) is 5.69 Å². The van der Waals surface area contributed by atoms with Gasteiger partial charge in [0.25, 0.3) is 0 Å². The van der Waals surface area contributed by atoms with Crippen LogP contribution in [0.2, 0.25) is 0 Å². The number of ketones is 1. The van der Waals surface area contributed by atoms with E-state index in [1.165, 1.54) is 14.0 Å². The number of H-pyrrole nitrogens is 1. The van der Waals surface area contributed by atoms with E-state index in [2.05, 4.69) is 9.55 Å². The Kier molecular flexibility index (Phi) is 6.15. The van der Waals surface area contributed by atoms with Crippen molar-refractivity contribution in [2.24, 2.45) is 0 Å². The molecular weight excluding hydrogens is 396 g/mol. The van der Waals surface area contributed by atoms with Gasteiger partial charge in [-0.1, -0.05) is 0 Å². The average Bonchev–Trinajstić information content (AvgIpc) is 3.24. The monoisotopic (exact) mass is 422 g/mol. The van der Waals surface area contributed by atoms with Crippen LogP contribution in [-0.2, 0) is 9.47 Å². The molecule has 0 radical (unpaired) electrons. The van der Waals surface area contributed by atoms with Gasteiger partial charge in [0.05, 0.1) is 23.9 Å². The highest BCUT2D eigenvalue weighted by molar-refractivity contribution is 6.04. The molecule has 3 aromatic rings. The molecule has 31 heavy (non-hydrogen) atoms. The lowest BCUT2D eigenvalue weighted by molar-refractivity contribution is 0.0316. The molecule has 0 fully saturated rings. The van der Waals surface area contributed by atoms with Gasteiger partial charge in [0.1, 0.15) is 0 Å². The summed E-state index contributed by atoms with van der Waals surface area (Å²) in [5.41, 5.74) is 5.01. The standard InChI is InChI=1S/C24H26N2O5/c1-13-7-8-14(2)26(13)19-11-9-18(10-12-19)23(28)31-17(5)22(27)21-15(3)20(16(4)25-21)24(29)30-6/h7-12,17,25H,1-6H3/t17-/m0/s1. The lowest BCUT2D eigenvalue weighted by Gasteiger charge is -2.13. The van der Waals surface area contributed by atoms with Gasteiger partial charge in [0, 0.05) is 22.8 Å². The summed E-state index contributed by atoms with van der Waals surface area (Å²) in [5, 5.41) is 0. The Balaban J connectivity index is 1.75. The van der Waals surface area contributed by atoms with Gasteiger partial charge in [0.2, 0.25) is 5.78 Å². The maximum atomic E-state index is 12.8. The third kappa shape index (κ3) is 4.17. The number of ether oxygens (including phenoxy) is 2. The van der Waals surface area contributed by atoms with E-state index in [0.29, 0.717) is 22.4 Å². The second kappa shape index (κ2) is 8.63. The molecule has 0 aliphatic rings. The van der Waals surface area contributed by atoms with E-state index in [9.17, 15) is 14.4 Å². The molecule has 0 bridgehead atoms. The van der Waals surface area contributed by atoms with Crippen molar-refractivity contribution < 1.29 is 23.9 Å². The van der Waals surface area contributed by atoms with Gasteiger partial charge in [-0.05, 0) is 76.6 Å². The van der Waals surface area contributed by atoms with Crippen molar-refractivity contribution in [1.29, 1.82) is 0 Å². The fraction of sp³-hybridized carbons (Fsp3) is 0.292. The van der Waals surface area contributed by atoms with E-state index in [-0.39, 0.29) is 5.69 Å². The number of aromatic amines is 1. The van der Waals surface area contributed by atoms with Crippen molar-refractivity contribution in [2.75, 3.05) is 7.11 Å². The molecule has 1 aromatic carbocycles. The van der Waals surface area contributed by atoms with Crippen LogP contribution in [0.5, 0.6) is 0 Å². The van der Waals surface area contributed by atoms with Gasteiger partial charge >= 0.3 is 11.9 Å². The molecule has 1 N–H and O–H groups in total. The van der Waals surface area contributed by atoms with Crippen LogP contribution in [0.15, 0.2) is 36.4 Å². The Morgan fingerprint density at radius 2 is 1.48 bits per heavy atom. The number of carbonyl (C=O) groups is 3. The summed E-state index contributed by atoms with van der Waals surface area (Å²) in [4.78, 5) is 40.2. The first-order valence-corrected chi connectivity index (χ1v) is 9.93. The zero-order valence-electron chi connectivity index (χ0n) is 18.5. The Bertz CT molecular complexity index is 1130. The van der Waals surface area contributed by atoms with Crippen LogP contribution >= 0.6 is 0 Å². The van der Waals surface area contributed by atoms with Gasteiger partial charge < -0.3 is 19.0 Å². The summed E-state index contributed by atoms with van der Waals surface area (Å²) in [6.07, 6.45) is -1.02. The fourth-order valence-corrected chi connectivity index (χ4v) is 3.71. The molecule has 7 nitrogen and oxygen atoms in total. The Labute approximate surface area is 181 Å². The number of aromatic nitrogens is 2. The zero-order chi connectivity index (χ0) is 22.9. The summed E-state index contributed by atoms with van der Waals surface area (Å²) in [6.45, 7) is 8.87. The van der Waals surface area contributed by atoms with Crippen LogP contribution < -0.4 is 0 Å². The third-order valence-electron chi connectivity index (χ3n) is 5.36. The predicted molar refractivity (Wildman–Crippen MR) is 116 cm³/mol. The van der Waals surface area contributed by atoms with Crippen LogP contribution in [0, 0.1) is 27.7 Å². The first kappa shape index (κ1) is 22.1. The molecule has 2 aromatic heterocycles. The number of aryl methyl sites for hydroxylation is 3. The molecule has 0 saturated heterocycles. The molecule has 0 aliphatic heterocycles. The number of methoxy groups -OCH3 is 1. The number of rotatable bonds is 6. The molecule has 3 rings (SSSR count). The van der Waals surface area contributed by atoms with Gasteiger partial charge in [0.15, 0.2) is 6.10 Å². The molecule has 1 atom stereocenters. The first-order chi connectivity index (χ1) is 14.6. The molecule has 7 heteroatoms. The number of hydrogen-bond acceptors (Lipinski definition) is 5. The highest BCUT2D eigenvalue weighted by Crippen LogP contribution is 2.22. The minimum absolute atomic E-state index is 0.229. The minimum Gasteiger partial charge on any atom is -0.465 e. The molecule has 2 heterocycles. The number of nitrogens with zero attached hydrogens (tertiary/aromatic N) is 1. The molecule has 0 saturated carbocycles. The number of carbonyl (C=O) groups excluding carboxylic acids is 3. The number of esters is 2. The third-order valence-corrected chi connectivity index (χ3v) is 5.36. The van der Waals surface area contributed by atoms with Crippen LogP contribution in [-0.4, -0.2) is 40.5 Å². The summed E-state index contributed by atoms with van der Waals surface area (Å²) in [7, 11) is 1.28. The topological polar surface area (TPSA) is 90.4 Å². The second-order valence-electron chi connectivity index (χ2n) is 7.53. The number of hydrogen-bond donors (Lipinski definition) is 1.